The van der Waals surface area contributed by atoms with Crippen LogP contribution in [0.25, 0.3) is 11.1 Å². The van der Waals surface area contributed by atoms with Crippen LogP contribution in [0.5, 0.6) is 0 Å². The second-order valence-electron chi connectivity index (χ2n) is 8.01. The van der Waals surface area contributed by atoms with E-state index in [-0.39, 0.29) is 11.9 Å². The summed E-state index contributed by atoms with van der Waals surface area (Å²) in [7, 11) is 8.15. The van der Waals surface area contributed by atoms with Crippen molar-refractivity contribution in [1.29, 1.82) is 0 Å². The van der Waals surface area contributed by atoms with Gasteiger partial charge in [0.25, 0.3) is 0 Å². The van der Waals surface area contributed by atoms with Crippen molar-refractivity contribution in [2.75, 3.05) is 39.6 Å². The van der Waals surface area contributed by atoms with E-state index in [0.717, 1.165) is 11.1 Å². The predicted octanol–water partition coefficient (Wildman–Crippen LogP) is 4.38. The average molecular weight is 402 g/mol. The Kier molecular flexibility index (Phi) is 7.26. The topological polar surface area (TPSA) is 35.6 Å². The van der Waals surface area contributed by atoms with Gasteiger partial charge >= 0.3 is 0 Å². The molecule has 1 amide bonds. The molecule has 0 radical (unpaired) electrons. The van der Waals surface area contributed by atoms with E-state index in [1.54, 1.807) is 0 Å². The van der Waals surface area contributed by atoms with E-state index in [0.29, 0.717) is 13.0 Å². The number of nitrogens with one attached hydrogen (secondary N) is 1. The molecule has 0 fully saturated rings. The minimum atomic E-state index is 0.0409. The molecule has 0 heterocycles. The maximum atomic E-state index is 12.5. The zero-order valence-electron chi connectivity index (χ0n) is 18.3. The van der Waals surface area contributed by atoms with Crippen molar-refractivity contribution in [3.05, 3.63) is 90.0 Å². The minimum Gasteiger partial charge on any atom is -0.378 e. The molecule has 0 saturated carbocycles. The molecule has 0 bridgehead atoms. The Morgan fingerprint density at radius 2 is 1.40 bits per heavy atom. The summed E-state index contributed by atoms with van der Waals surface area (Å²) in [4.78, 5) is 16.8. The molecule has 0 spiro atoms. The van der Waals surface area contributed by atoms with Gasteiger partial charge in [-0.15, -0.1) is 0 Å². The summed E-state index contributed by atoms with van der Waals surface area (Å²) in [5.74, 6) is 0.0409. The third kappa shape index (κ3) is 5.71. The lowest BCUT2D eigenvalue weighted by Crippen LogP contribution is -2.35. The number of nitrogens with zero attached hydrogens (tertiary/aromatic N) is 2. The van der Waals surface area contributed by atoms with Crippen LogP contribution in [0.2, 0.25) is 0 Å². The molecule has 0 aliphatic rings. The number of carbonyl (C=O) groups excluding carboxylic acids is 1. The first kappa shape index (κ1) is 21.6. The molecule has 1 unspecified atom stereocenters. The lowest BCUT2D eigenvalue weighted by Gasteiger charge is -2.26. The summed E-state index contributed by atoms with van der Waals surface area (Å²) >= 11 is 0. The lowest BCUT2D eigenvalue weighted by molar-refractivity contribution is -0.120. The summed E-state index contributed by atoms with van der Waals surface area (Å²) in [5, 5.41) is 3.10. The van der Waals surface area contributed by atoms with Gasteiger partial charge in [0.1, 0.15) is 0 Å². The second-order valence-corrected chi connectivity index (χ2v) is 8.01. The van der Waals surface area contributed by atoms with Gasteiger partial charge in [-0.1, -0.05) is 66.7 Å². The van der Waals surface area contributed by atoms with E-state index in [4.69, 9.17) is 0 Å². The molecule has 0 aromatic heterocycles. The fraction of sp³-hybridized carbons (Fsp3) is 0.269. The minimum absolute atomic E-state index is 0.0409. The zero-order valence-corrected chi connectivity index (χ0v) is 18.3. The largest absolute Gasteiger partial charge is 0.378 e. The first-order chi connectivity index (χ1) is 14.4. The van der Waals surface area contributed by atoms with E-state index in [2.05, 4.69) is 63.6 Å². The maximum Gasteiger partial charge on any atom is 0.224 e. The number of rotatable bonds is 8. The highest BCUT2D eigenvalue weighted by molar-refractivity contribution is 5.79. The number of likely N-dealkylation sites (N-methyl/N-ethyl adjacent to an activating group) is 1. The third-order valence-electron chi connectivity index (χ3n) is 5.34. The molecular formula is C26H31N3O. The van der Waals surface area contributed by atoms with E-state index >= 15 is 0 Å². The highest BCUT2D eigenvalue weighted by atomic mass is 16.1. The smallest absolute Gasteiger partial charge is 0.224 e. The predicted molar refractivity (Wildman–Crippen MR) is 126 cm³/mol. The summed E-state index contributed by atoms with van der Waals surface area (Å²) < 4.78 is 0. The Labute approximate surface area is 180 Å². The third-order valence-corrected chi connectivity index (χ3v) is 5.34. The number of amides is 1. The molecule has 4 nitrogen and oxygen atoms in total. The van der Waals surface area contributed by atoms with Crippen molar-refractivity contribution in [3.63, 3.8) is 0 Å². The van der Waals surface area contributed by atoms with Crippen molar-refractivity contribution < 1.29 is 4.79 Å². The molecule has 0 aliphatic carbocycles. The normalized spacial score (nSPS) is 11.9. The van der Waals surface area contributed by atoms with Crippen molar-refractivity contribution in [1.82, 2.24) is 10.2 Å². The highest BCUT2D eigenvalue weighted by Crippen LogP contribution is 2.21. The van der Waals surface area contributed by atoms with Crippen LogP contribution >= 0.6 is 0 Å². The Hall–Kier alpha value is -3.11. The number of carbonyl (C=O) groups is 1. The van der Waals surface area contributed by atoms with Crippen molar-refractivity contribution >= 4 is 11.6 Å². The number of benzene rings is 3. The van der Waals surface area contributed by atoms with E-state index in [1.807, 2.05) is 58.5 Å². The number of hydrogen-bond donors (Lipinski definition) is 1. The van der Waals surface area contributed by atoms with Gasteiger partial charge in [0.2, 0.25) is 5.91 Å². The second kappa shape index (κ2) is 10.1. The van der Waals surface area contributed by atoms with Crippen LogP contribution in [-0.2, 0) is 11.2 Å². The molecule has 156 valence electrons. The van der Waals surface area contributed by atoms with E-state index < -0.39 is 0 Å². The first-order valence-corrected chi connectivity index (χ1v) is 10.3. The standard InChI is InChI=1S/C26H31N3O/c1-28(2)24-16-14-23(15-17-24)25(29(3)4)19-27-26(30)18-20-10-12-22(13-11-20)21-8-6-5-7-9-21/h5-17,25H,18-19H2,1-4H3,(H,27,30). The van der Waals surface area contributed by atoms with Crippen LogP contribution in [0, 0.1) is 0 Å². The summed E-state index contributed by atoms with van der Waals surface area (Å²) in [5.41, 5.74) is 5.72. The molecule has 1 N–H and O–H groups in total. The fourth-order valence-electron chi connectivity index (χ4n) is 3.50. The van der Waals surface area contributed by atoms with Crippen LogP contribution in [0.1, 0.15) is 17.2 Å². The van der Waals surface area contributed by atoms with Crippen LogP contribution in [0.15, 0.2) is 78.9 Å². The van der Waals surface area contributed by atoms with Gasteiger partial charge in [-0.3, -0.25) is 4.79 Å². The molecule has 3 aromatic carbocycles. The summed E-state index contributed by atoms with van der Waals surface area (Å²) in [6, 6.07) is 27.1. The molecule has 0 saturated heterocycles. The number of anilines is 1. The molecule has 3 aromatic rings. The Morgan fingerprint density at radius 3 is 1.97 bits per heavy atom. The zero-order chi connectivity index (χ0) is 21.5. The molecule has 30 heavy (non-hydrogen) atoms. The van der Waals surface area contributed by atoms with Crippen molar-refractivity contribution in [2.24, 2.45) is 0 Å². The van der Waals surface area contributed by atoms with Gasteiger partial charge in [0.05, 0.1) is 12.5 Å². The van der Waals surface area contributed by atoms with Gasteiger partial charge in [-0.25, -0.2) is 0 Å². The number of hydrogen-bond acceptors (Lipinski definition) is 3. The van der Waals surface area contributed by atoms with Gasteiger partial charge in [-0.05, 0) is 48.5 Å². The Bertz CT molecular complexity index is 932. The van der Waals surface area contributed by atoms with Gasteiger partial charge in [0, 0.05) is 26.3 Å². The van der Waals surface area contributed by atoms with Crippen molar-refractivity contribution in [2.45, 2.75) is 12.5 Å². The lowest BCUT2D eigenvalue weighted by atomic mass is 10.0. The van der Waals surface area contributed by atoms with Crippen LogP contribution in [0.4, 0.5) is 5.69 Å². The summed E-state index contributed by atoms with van der Waals surface area (Å²) in [6.45, 7) is 0.579. The quantitative estimate of drug-likeness (QED) is 0.608. The van der Waals surface area contributed by atoms with Crippen LogP contribution < -0.4 is 10.2 Å². The van der Waals surface area contributed by atoms with Gasteiger partial charge in [-0.2, -0.15) is 0 Å². The van der Waals surface area contributed by atoms with Gasteiger partial charge < -0.3 is 15.1 Å². The van der Waals surface area contributed by atoms with E-state index in [9.17, 15) is 4.79 Å². The summed E-state index contributed by atoms with van der Waals surface area (Å²) in [6.07, 6.45) is 0.384. The SMILES string of the molecule is CN(C)c1ccc(C(CNC(=O)Cc2ccc(-c3ccccc3)cc2)N(C)C)cc1. The van der Waals surface area contributed by atoms with Gasteiger partial charge in [0.15, 0.2) is 0 Å². The van der Waals surface area contributed by atoms with E-state index in [1.165, 1.54) is 16.8 Å². The highest BCUT2D eigenvalue weighted by Gasteiger charge is 2.15. The monoisotopic (exact) mass is 401 g/mol. The Balaban J connectivity index is 1.58. The molecule has 1 atom stereocenters. The first-order valence-electron chi connectivity index (χ1n) is 10.3. The molecule has 3 rings (SSSR count). The Morgan fingerprint density at radius 1 is 0.800 bits per heavy atom. The molecular weight excluding hydrogens is 370 g/mol. The van der Waals surface area contributed by atoms with Crippen LogP contribution in [0.3, 0.4) is 0 Å². The maximum absolute atomic E-state index is 12.5. The molecule has 0 aliphatic heterocycles. The molecule has 4 heteroatoms. The van der Waals surface area contributed by atoms with Crippen LogP contribution in [-0.4, -0.2) is 45.5 Å². The van der Waals surface area contributed by atoms with Crippen molar-refractivity contribution in [3.8, 4) is 11.1 Å². The average Bonchev–Trinajstić information content (AvgIpc) is 2.75. The fourth-order valence-corrected chi connectivity index (χ4v) is 3.50.